The summed E-state index contributed by atoms with van der Waals surface area (Å²) < 4.78 is 0.914. The molecule has 124 valence electrons. The lowest BCUT2D eigenvalue weighted by Crippen LogP contribution is -2.35. The van der Waals surface area contributed by atoms with E-state index in [-0.39, 0.29) is 36.6 Å². The molecule has 7 heteroatoms. The topological polar surface area (TPSA) is 70.2 Å². The van der Waals surface area contributed by atoms with Gasteiger partial charge in [0.15, 0.2) is 0 Å². The van der Waals surface area contributed by atoms with Crippen molar-refractivity contribution in [3.05, 3.63) is 28.2 Å². The van der Waals surface area contributed by atoms with Gasteiger partial charge in [-0.25, -0.2) is 0 Å². The van der Waals surface area contributed by atoms with E-state index in [1.807, 2.05) is 32.0 Å². The molecule has 2 amide bonds. The summed E-state index contributed by atoms with van der Waals surface area (Å²) in [5, 5.41) is 8.55. The smallest absolute Gasteiger partial charge is 0.226 e. The van der Waals surface area contributed by atoms with E-state index >= 15 is 0 Å². The molecule has 0 spiro atoms. The molecule has 1 unspecified atom stereocenters. The highest BCUT2D eigenvalue weighted by Gasteiger charge is 2.12. The van der Waals surface area contributed by atoms with E-state index in [2.05, 4.69) is 31.9 Å². The lowest BCUT2D eigenvalue weighted by atomic mass is 10.1. The van der Waals surface area contributed by atoms with Crippen molar-refractivity contribution in [2.45, 2.75) is 20.3 Å². The molecule has 1 aromatic carbocycles. The van der Waals surface area contributed by atoms with Crippen LogP contribution in [0, 0.1) is 12.8 Å². The van der Waals surface area contributed by atoms with E-state index in [1.165, 1.54) is 0 Å². The Hall–Kier alpha value is -1.11. The molecule has 1 aromatic rings. The number of aryl methyl sites for hydroxylation is 1. The highest BCUT2D eigenvalue weighted by molar-refractivity contribution is 9.10. The molecule has 1 rings (SSSR count). The molecule has 3 N–H and O–H groups in total. The molecule has 0 aliphatic rings. The Labute approximate surface area is 146 Å². The molecular weight excluding hydrogens is 370 g/mol. The number of amides is 2. The summed E-state index contributed by atoms with van der Waals surface area (Å²) in [5.74, 6) is -0.265. The van der Waals surface area contributed by atoms with Gasteiger partial charge in [0.25, 0.3) is 0 Å². The van der Waals surface area contributed by atoms with Crippen LogP contribution in [0.15, 0.2) is 22.7 Å². The van der Waals surface area contributed by atoms with Crippen LogP contribution < -0.4 is 16.0 Å². The zero-order chi connectivity index (χ0) is 15.8. The largest absolute Gasteiger partial charge is 0.355 e. The first-order valence-electron chi connectivity index (χ1n) is 6.92. The molecule has 5 nitrogen and oxygen atoms in total. The number of anilines is 1. The number of nitrogens with one attached hydrogen (secondary N) is 3. The lowest BCUT2D eigenvalue weighted by molar-refractivity contribution is -0.124. The average Bonchev–Trinajstić information content (AvgIpc) is 2.43. The van der Waals surface area contributed by atoms with Crippen LogP contribution in [0.4, 0.5) is 5.69 Å². The minimum Gasteiger partial charge on any atom is -0.355 e. The van der Waals surface area contributed by atoms with Crippen molar-refractivity contribution in [2.24, 2.45) is 5.92 Å². The summed E-state index contributed by atoms with van der Waals surface area (Å²) >= 11 is 3.37. The van der Waals surface area contributed by atoms with Gasteiger partial charge in [0, 0.05) is 35.6 Å². The maximum Gasteiger partial charge on any atom is 0.226 e. The first-order chi connectivity index (χ1) is 9.93. The molecule has 0 aliphatic carbocycles. The number of rotatable bonds is 7. The van der Waals surface area contributed by atoms with Crippen molar-refractivity contribution in [1.29, 1.82) is 0 Å². The molecule has 1 atom stereocenters. The van der Waals surface area contributed by atoms with Crippen LogP contribution in [-0.2, 0) is 9.59 Å². The van der Waals surface area contributed by atoms with Gasteiger partial charge in [-0.05, 0) is 31.7 Å². The average molecular weight is 393 g/mol. The summed E-state index contributed by atoms with van der Waals surface area (Å²) in [6, 6.07) is 5.72. The van der Waals surface area contributed by atoms with E-state index in [0.29, 0.717) is 13.1 Å². The van der Waals surface area contributed by atoms with Gasteiger partial charge in [0.05, 0.1) is 0 Å². The maximum atomic E-state index is 11.9. The van der Waals surface area contributed by atoms with Gasteiger partial charge in [0.2, 0.25) is 11.8 Å². The standard InChI is InChI=1S/C15H22BrN3O2.ClH/c1-10-4-5-12(16)8-13(10)19-14(20)6-7-18-15(21)11(2)9-17-3;/h4-5,8,11,17H,6-7,9H2,1-3H3,(H,18,21)(H,19,20);1H. The van der Waals surface area contributed by atoms with Gasteiger partial charge in [-0.15, -0.1) is 12.4 Å². The van der Waals surface area contributed by atoms with Crippen molar-refractivity contribution in [1.82, 2.24) is 10.6 Å². The number of hydrogen-bond acceptors (Lipinski definition) is 3. The van der Waals surface area contributed by atoms with E-state index < -0.39 is 0 Å². The molecule has 0 aromatic heterocycles. The van der Waals surface area contributed by atoms with Gasteiger partial charge in [-0.3, -0.25) is 9.59 Å². The Kier molecular flexibility index (Phi) is 10.1. The lowest BCUT2D eigenvalue weighted by Gasteiger charge is -2.12. The summed E-state index contributed by atoms with van der Waals surface area (Å²) in [6.45, 7) is 4.74. The number of halogens is 2. The molecule has 22 heavy (non-hydrogen) atoms. The summed E-state index contributed by atoms with van der Waals surface area (Å²) in [4.78, 5) is 23.5. The zero-order valence-corrected chi connectivity index (χ0v) is 15.4. The quantitative estimate of drug-likeness (QED) is 0.667. The first-order valence-corrected chi connectivity index (χ1v) is 7.71. The molecule has 0 aliphatic heterocycles. The summed E-state index contributed by atoms with van der Waals surface area (Å²) in [7, 11) is 1.80. The summed E-state index contributed by atoms with van der Waals surface area (Å²) in [5.41, 5.74) is 1.78. The molecule has 0 heterocycles. The van der Waals surface area contributed by atoms with Crippen LogP contribution in [0.3, 0.4) is 0 Å². The Morgan fingerprint density at radius 2 is 2.00 bits per heavy atom. The summed E-state index contributed by atoms with van der Waals surface area (Å²) in [6.07, 6.45) is 0.254. The Morgan fingerprint density at radius 1 is 1.32 bits per heavy atom. The van der Waals surface area contributed by atoms with Crippen LogP contribution in [-0.4, -0.2) is 32.0 Å². The zero-order valence-electron chi connectivity index (χ0n) is 13.0. The van der Waals surface area contributed by atoms with Crippen LogP contribution in [0.2, 0.25) is 0 Å². The Bertz CT molecular complexity index is 512. The van der Waals surface area contributed by atoms with Gasteiger partial charge in [-0.2, -0.15) is 0 Å². The Balaban J connectivity index is 0.00000441. The molecule has 0 bridgehead atoms. The minimum atomic E-state index is -0.113. The van der Waals surface area contributed by atoms with Crippen LogP contribution in [0.1, 0.15) is 18.9 Å². The van der Waals surface area contributed by atoms with Crippen molar-refractivity contribution >= 4 is 45.8 Å². The normalized spacial score (nSPS) is 11.3. The predicted molar refractivity (Wildman–Crippen MR) is 95.5 cm³/mol. The third kappa shape index (κ3) is 7.24. The van der Waals surface area contributed by atoms with Gasteiger partial charge < -0.3 is 16.0 Å². The number of hydrogen-bond donors (Lipinski definition) is 3. The fourth-order valence-electron chi connectivity index (χ4n) is 1.81. The molecule has 0 fully saturated rings. The third-order valence-electron chi connectivity index (χ3n) is 3.08. The second-order valence-corrected chi connectivity index (χ2v) is 5.92. The molecule has 0 radical (unpaired) electrons. The maximum absolute atomic E-state index is 11.9. The fraction of sp³-hybridized carbons (Fsp3) is 0.467. The van der Waals surface area contributed by atoms with Gasteiger partial charge in [-0.1, -0.05) is 28.9 Å². The van der Waals surface area contributed by atoms with E-state index in [9.17, 15) is 9.59 Å². The second-order valence-electron chi connectivity index (χ2n) is 5.01. The van der Waals surface area contributed by atoms with Crippen LogP contribution >= 0.6 is 28.3 Å². The first kappa shape index (κ1) is 20.9. The minimum absolute atomic E-state index is 0. The fourth-order valence-corrected chi connectivity index (χ4v) is 2.18. The van der Waals surface area contributed by atoms with Gasteiger partial charge in [0.1, 0.15) is 0 Å². The van der Waals surface area contributed by atoms with Crippen LogP contribution in [0.5, 0.6) is 0 Å². The Morgan fingerprint density at radius 3 is 2.64 bits per heavy atom. The molecule has 0 saturated heterocycles. The molecule has 0 saturated carbocycles. The molecular formula is C15H23BrClN3O2. The van der Waals surface area contributed by atoms with E-state index in [4.69, 9.17) is 0 Å². The third-order valence-corrected chi connectivity index (χ3v) is 3.58. The van der Waals surface area contributed by atoms with Crippen molar-refractivity contribution in [3.63, 3.8) is 0 Å². The second kappa shape index (κ2) is 10.6. The number of carbonyl (C=O) groups excluding carboxylic acids is 2. The van der Waals surface area contributed by atoms with E-state index in [0.717, 1.165) is 15.7 Å². The van der Waals surface area contributed by atoms with Crippen LogP contribution in [0.25, 0.3) is 0 Å². The van der Waals surface area contributed by atoms with Crippen molar-refractivity contribution < 1.29 is 9.59 Å². The monoisotopic (exact) mass is 391 g/mol. The SMILES string of the molecule is CNCC(C)C(=O)NCCC(=O)Nc1cc(Br)ccc1C.Cl. The highest BCUT2D eigenvalue weighted by Crippen LogP contribution is 2.20. The van der Waals surface area contributed by atoms with Crippen molar-refractivity contribution in [2.75, 3.05) is 25.5 Å². The van der Waals surface area contributed by atoms with Gasteiger partial charge >= 0.3 is 0 Å². The number of carbonyl (C=O) groups is 2. The number of benzene rings is 1. The highest BCUT2D eigenvalue weighted by atomic mass is 79.9. The predicted octanol–water partition coefficient (Wildman–Crippen LogP) is 2.48. The van der Waals surface area contributed by atoms with E-state index in [1.54, 1.807) is 7.05 Å². The van der Waals surface area contributed by atoms with Crippen molar-refractivity contribution in [3.8, 4) is 0 Å².